The third-order valence-electron chi connectivity index (χ3n) is 4.92. The van der Waals surface area contributed by atoms with E-state index in [1.165, 1.54) is 11.8 Å². The molecule has 2 N–H and O–H groups in total. The number of aromatic amines is 1. The molecular weight excluding hydrogens is 412 g/mol. The smallest absolute Gasteiger partial charge is 0.289 e. The summed E-state index contributed by atoms with van der Waals surface area (Å²) in [5.74, 6) is 0.316. The summed E-state index contributed by atoms with van der Waals surface area (Å²) >= 11 is 0. The lowest BCUT2D eigenvalue weighted by molar-refractivity contribution is 0.0950. The van der Waals surface area contributed by atoms with Crippen LogP contribution < -0.4 is 10.2 Å². The first-order chi connectivity index (χ1) is 16.2. The predicted octanol–water partition coefficient (Wildman–Crippen LogP) is 5.39. The number of hydrogen-bond acceptors (Lipinski definition) is 4. The van der Waals surface area contributed by atoms with Gasteiger partial charge in [-0.3, -0.25) is 9.89 Å². The Kier molecular flexibility index (Phi) is 7.08. The zero-order chi connectivity index (χ0) is 22.9. The normalized spacial score (nSPS) is 11.2. The summed E-state index contributed by atoms with van der Waals surface area (Å²) in [7, 11) is 0. The first-order valence-electron chi connectivity index (χ1n) is 10.6. The molecule has 0 spiro atoms. The van der Waals surface area contributed by atoms with Crippen LogP contribution in [0.4, 0.5) is 0 Å². The quantitative estimate of drug-likeness (QED) is 0.287. The van der Waals surface area contributed by atoms with Gasteiger partial charge in [0, 0.05) is 11.8 Å². The average Bonchev–Trinajstić information content (AvgIpc) is 3.35. The first-order valence-corrected chi connectivity index (χ1v) is 10.6. The Morgan fingerprint density at radius 2 is 1.79 bits per heavy atom. The van der Waals surface area contributed by atoms with Crippen LogP contribution in [0, 0.1) is 6.92 Å². The van der Waals surface area contributed by atoms with Crippen molar-refractivity contribution in [3.05, 3.63) is 113 Å². The number of allylic oxidation sites excluding steroid dienone is 1. The van der Waals surface area contributed by atoms with Gasteiger partial charge < -0.3 is 4.74 Å². The van der Waals surface area contributed by atoms with Gasteiger partial charge in [0.1, 0.15) is 18.1 Å². The van der Waals surface area contributed by atoms with Crippen molar-refractivity contribution in [3.63, 3.8) is 0 Å². The number of para-hydroxylation sites is 1. The van der Waals surface area contributed by atoms with Gasteiger partial charge in [-0.15, -0.1) is 0 Å². The summed E-state index contributed by atoms with van der Waals surface area (Å²) in [5.41, 5.74) is 7.56. The molecule has 4 rings (SSSR count). The number of carbonyl (C=O) groups is 1. The lowest BCUT2D eigenvalue weighted by atomic mass is 10.1. The van der Waals surface area contributed by atoms with Crippen LogP contribution >= 0.6 is 0 Å². The minimum Gasteiger partial charge on any atom is -0.488 e. The van der Waals surface area contributed by atoms with Gasteiger partial charge in [0.05, 0.1) is 5.69 Å². The molecule has 0 radical (unpaired) electrons. The molecule has 6 heteroatoms. The maximum Gasteiger partial charge on any atom is 0.289 e. The molecule has 0 unspecified atom stereocenters. The second-order valence-corrected chi connectivity index (χ2v) is 7.43. The molecule has 33 heavy (non-hydrogen) atoms. The standard InChI is InChI=1S/C27H24N4O2/c1-20-13-15-22(16-14-20)19-33-26-12-6-5-11-23(26)24-18-25(30-29-24)27(32)31-28-17-7-10-21-8-3-2-4-9-21/h2-18H,19H2,1H3,(H,29,30)(H,31,32)/b10-7+,28-17+. The monoisotopic (exact) mass is 436 g/mol. The number of H-pyrrole nitrogens is 1. The van der Waals surface area contributed by atoms with Crippen LogP contribution in [0.3, 0.4) is 0 Å². The summed E-state index contributed by atoms with van der Waals surface area (Å²) in [6.45, 7) is 2.50. The van der Waals surface area contributed by atoms with Crippen LogP contribution in [-0.2, 0) is 6.61 Å². The molecule has 164 valence electrons. The van der Waals surface area contributed by atoms with Crippen LogP contribution in [-0.4, -0.2) is 22.3 Å². The summed E-state index contributed by atoms with van der Waals surface area (Å²) < 4.78 is 6.03. The molecule has 0 saturated heterocycles. The van der Waals surface area contributed by atoms with E-state index in [2.05, 4.69) is 39.8 Å². The molecule has 0 atom stereocenters. The second-order valence-electron chi connectivity index (χ2n) is 7.43. The Hall–Kier alpha value is -4.45. The van der Waals surface area contributed by atoms with E-state index in [1.807, 2.05) is 72.8 Å². The number of carbonyl (C=O) groups excluding carboxylic acids is 1. The van der Waals surface area contributed by atoms with Gasteiger partial charge in [-0.1, -0.05) is 78.4 Å². The Labute approximate surface area is 192 Å². The predicted molar refractivity (Wildman–Crippen MR) is 131 cm³/mol. The number of aromatic nitrogens is 2. The molecule has 4 aromatic rings. The molecule has 3 aromatic carbocycles. The van der Waals surface area contributed by atoms with Crippen LogP contribution in [0.2, 0.25) is 0 Å². The number of ether oxygens (including phenoxy) is 1. The van der Waals surface area contributed by atoms with Crippen molar-refractivity contribution in [2.75, 3.05) is 0 Å². The number of nitrogens with zero attached hydrogens (tertiary/aromatic N) is 2. The van der Waals surface area contributed by atoms with E-state index in [0.717, 1.165) is 16.7 Å². The summed E-state index contributed by atoms with van der Waals surface area (Å²) in [6.07, 6.45) is 5.18. The number of benzene rings is 3. The van der Waals surface area contributed by atoms with Gasteiger partial charge in [0.2, 0.25) is 0 Å². The third kappa shape index (κ3) is 6.04. The van der Waals surface area contributed by atoms with E-state index < -0.39 is 0 Å². The lowest BCUT2D eigenvalue weighted by Crippen LogP contribution is -2.17. The molecule has 1 amide bonds. The van der Waals surface area contributed by atoms with E-state index in [-0.39, 0.29) is 5.91 Å². The fourth-order valence-corrected chi connectivity index (χ4v) is 3.14. The average molecular weight is 437 g/mol. The highest BCUT2D eigenvalue weighted by Gasteiger charge is 2.13. The minimum absolute atomic E-state index is 0.308. The van der Waals surface area contributed by atoms with Crippen molar-refractivity contribution in [2.24, 2.45) is 5.10 Å². The van der Waals surface area contributed by atoms with Gasteiger partial charge in [0.15, 0.2) is 0 Å². The molecule has 0 bridgehead atoms. The Balaban J connectivity index is 1.38. The van der Waals surface area contributed by atoms with Crippen LogP contribution in [0.15, 0.2) is 96.1 Å². The molecule has 0 fully saturated rings. The summed E-state index contributed by atoms with van der Waals surface area (Å²) in [5, 5.41) is 11.0. The number of nitrogens with one attached hydrogen (secondary N) is 2. The molecule has 1 heterocycles. The number of hydrogen-bond donors (Lipinski definition) is 2. The van der Waals surface area contributed by atoms with Gasteiger partial charge in [-0.25, -0.2) is 5.43 Å². The zero-order valence-corrected chi connectivity index (χ0v) is 18.2. The molecule has 0 aliphatic rings. The van der Waals surface area contributed by atoms with E-state index in [0.29, 0.717) is 23.7 Å². The van der Waals surface area contributed by atoms with E-state index in [1.54, 1.807) is 12.1 Å². The molecule has 0 aliphatic heterocycles. The number of amides is 1. The summed E-state index contributed by atoms with van der Waals surface area (Å²) in [4.78, 5) is 12.4. The van der Waals surface area contributed by atoms with Crippen molar-refractivity contribution in [3.8, 4) is 17.0 Å². The molecular formula is C27H24N4O2. The fraction of sp³-hybridized carbons (Fsp3) is 0.0741. The van der Waals surface area contributed by atoms with Crippen LogP contribution in [0.5, 0.6) is 5.75 Å². The maximum atomic E-state index is 12.4. The van der Waals surface area contributed by atoms with Crippen molar-refractivity contribution in [1.29, 1.82) is 0 Å². The molecule has 6 nitrogen and oxygen atoms in total. The molecule has 0 aliphatic carbocycles. The summed E-state index contributed by atoms with van der Waals surface area (Å²) in [6, 6.07) is 27.3. The topological polar surface area (TPSA) is 79.4 Å². The highest BCUT2D eigenvalue weighted by atomic mass is 16.5. The Bertz CT molecular complexity index is 1260. The van der Waals surface area contributed by atoms with E-state index in [4.69, 9.17) is 4.74 Å². The molecule has 0 saturated carbocycles. The fourth-order valence-electron chi connectivity index (χ4n) is 3.14. The third-order valence-corrected chi connectivity index (χ3v) is 4.92. The van der Waals surface area contributed by atoms with Crippen molar-refractivity contribution >= 4 is 18.2 Å². The first kappa shape index (κ1) is 21.8. The number of aryl methyl sites for hydroxylation is 1. The maximum absolute atomic E-state index is 12.4. The lowest BCUT2D eigenvalue weighted by Gasteiger charge is -2.10. The van der Waals surface area contributed by atoms with Crippen molar-refractivity contribution in [2.45, 2.75) is 13.5 Å². The van der Waals surface area contributed by atoms with Crippen LogP contribution in [0.1, 0.15) is 27.2 Å². The van der Waals surface area contributed by atoms with E-state index >= 15 is 0 Å². The highest BCUT2D eigenvalue weighted by Crippen LogP contribution is 2.29. The van der Waals surface area contributed by atoms with Crippen LogP contribution in [0.25, 0.3) is 17.3 Å². The highest BCUT2D eigenvalue weighted by molar-refractivity contribution is 5.94. The SMILES string of the molecule is Cc1ccc(COc2ccccc2-c2cc(C(=O)N/N=C/C=C/c3ccccc3)[nH]n2)cc1. The van der Waals surface area contributed by atoms with Gasteiger partial charge in [0.25, 0.3) is 5.91 Å². The Morgan fingerprint density at radius 1 is 1.03 bits per heavy atom. The van der Waals surface area contributed by atoms with Gasteiger partial charge in [-0.05, 0) is 42.3 Å². The molecule has 1 aromatic heterocycles. The zero-order valence-electron chi connectivity index (χ0n) is 18.2. The largest absolute Gasteiger partial charge is 0.488 e. The van der Waals surface area contributed by atoms with Crippen molar-refractivity contribution in [1.82, 2.24) is 15.6 Å². The van der Waals surface area contributed by atoms with Gasteiger partial charge >= 0.3 is 0 Å². The number of rotatable bonds is 8. The number of hydrazone groups is 1. The van der Waals surface area contributed by atoms with Crippen molar-refractivity contribution < 1.29 is 9.53 Å². The van der Waals surface area contributed by atoms with Gasteiger partial charge in [-0.2, -0.15) is 10.2 Å². The second kappa shape index (κ2) is 10.7. The van der Waals surface area contributed by atoms with E-state index in [9.17, 15) is 4.79 Å². The Morgan fingerprint density at radius 3 is 2.61 bits per heavy atom. The minimum atomic E-state index is -0.379.